The van der Waals surface area contributed by atoms with Gasteiger partial charge in [-0.1, -0.05) is 30.3 Å². The Balaban J connectivity index is 0.00000288. The minimum atomic E-state index is -0.325. The molecule has 4 nitrogen and oxygen atoms in total. The number of ether oxygens (including phenoxy) is 1. The Morgan fingerprint density at radius 1 is 1.21 bits per heavy atom. The number of piperidine rings is 1. The van der Waals surface area contributed by atoms with E-state index in [0.717, 1.165) is 51.7 Å². The first kappa shape index (κ1) is 20.9. The summed E-state index contributed by atoms with van der Waals surface area (Å²) in [5.74, 6) is 0.251. The Bertz CT molecular complexity index is 470. The maximum atomic E-state index is 12.9. The van der Waals surface area contributed by atoms with Crippen molar-refractivity contribution >= 4 is 18.3 Å². The molecular weight excluding hydrogens is 324 g/mol. The number of methoxy groups -OCH3 is 1. The summed E-state index contributed by atoms with van der Waals surface area (Å²) >= 11 is 0. The molecule has 1 aliphatic rings. The molecule has 24 heavy (non-hydrogen) atoms. The van der Waals surface area contributed by atoms with Crippen molar-refractivity contribution in [3.63, 3.8) is 0 Å². The molecule has 1 aliphatic heterocycles. The van der Waals surface area contributed by atoms with Gasteiger partial charge >= 0.3 is 0 Å². The third-order valence-corrected chi connectivity index (χ3v) is 4.83. The van der Waals surface area contributed by atoms with Crippen LogP contribution in [0, 0.1) is 5.41 Å². The fourth-order valence-electron chi connectivity index (χ4n) is 3.43. The van der Waals surface area contributed by atoms with Gasteiger partial charge in [0.25, 0.3) is 0 Å². The number of amides is 1. The number of hydrogen-bond acceptors (Lipinski definition) is 3. The zero-order valence-electron chi connectivity index (χ0n) is 14.9. The number of aryl methyl sites for hydroxylation is 1. The summed E-state index contributed by atoms with van der Waals surface area (Å²) in [7, 11) is 3.63. The molecule has 1 aromatic rings. The highest BCUT2D eigenvalue weighted by molar-refractivity contribution is 5.85. The van der Waals surface area contributed by atoms with Crippen molar-refractivity contribution < 1.29 is 9.53 Å². The van der Waals surface area contributed by atoms with Gasteiger partial charge in [-0.15, -0.1) is 12.4 Å². The van der Waals surface area contributed by atoms with Crippen LogP contribution in [-0.4, -0.2) is 51.2 Å². The highest BCUT2D eigenvalue weighted by atomic mass is 35.5. The largest absolute Gasteiger partial charge is 0.384 e. The van der Waals surface area contributed by atoms with E-state index in [1.54, 1.807) is 7.11 Å². The minimum Gasteiger partial charge on any atom is -0.384 e. The van der Waals surface area contributed by atoms with Crippen molar-refractivity contribution in [1.29, 1.82) is 0 Å². The number of nitrogens with one attached hydrogen (secondary N) is 1. The van der Waals surface area contributed by atoms with E-state index in [2.05, 4.69) is 29.6 Å². The summed E-state index contributed by atoms with van der Waals surface area (Å²) in [6.45, 7) is 3.15. The van der Waals surface area contributed by atoms with Gasteiger partial charge in [0.15, 0.2) is 0 Å². The van der Waals surface area contributed by atoms with E-state index in [0.29, 0.717) is 6.61 Å². The van der Waals surface area contributed by atoms with Gasteiger partial charge in [0.1, 0.15) is 0 Å². The molecule has 1 N–H and O–H groups in total. The Labute approximate surface area is 152 Å². The fraction of sp³-hybridized carbons (Fsp3) is 0.632. The maximum Gasteiger partial charge on any atom is 0.230 e. The Hall–Kier alpha value is -1.10. The molecule has 1 saturated heterocycles. The minimum absolute atomic E-state index is 0. The standard InChI is InChI=1S/C19H30N2O2.ClH/c1-21(15-7-6-10-17-8-4-3-5-9-17)18(22)19(16-23-2)11-13-20-14-12-19;/h3-5,8-9,20H,6-7,10-16H2,1-2H3;1H. The zero-order valence-corrected chi connectivity index (χ0v) is 15.7. The van der Waals surface area contributed by atoms with Gasteiger partial charge in [0, 0.05) is 20.7 Å². The topological polar surface area (TPSA) is 41.6 Å². The number of nitrogens with zero attached hydrogens (tertiary/aromatic N) is 1. The van der Waals surface area contributed by atoms with Crippen LogP contribution in [0.3, 0.4) is 0 Å². The predicted molar refractivity (Wildman–Crippen MR) is 101 cm³/mol. The first-order valence-electron chi connectivity index (χ1n) is 8.67. The molecule has 0 radical (unpaired) electrons. The summed E-state index contributed by atoms with van der Waals surface area (Å²) in [6, 6.07) is 10.5. The van der Waals surface area contributed by atoms with Crippen LogP contribution in [0.25, 0.3) is 0 Å². The van der Waals surface area contributed by atoms with E-state index in [9.17, 15) is 4.79 Å². The molecule has 2 rings (SSSR count). The number of hydrogen-bond donors (Lipinski definition) is 1. The fourth-order valence-corrected chi connectivity index (χ4v) is 3.43. The summed E-state index contributed by atoms with van der Waals surface area (Å²) in [6.07, 6.45) is 4.97. The predicted octanol–water partition coefficient (Wildman–Crippen LogP) is 2.91. The summed E-state index contributed by atoms with van der Waals surface area (Å²) in [4.78, 5) is 14.8. The lowest BCUT2D eigenvalue weighted by molar-refractivity contribution is -0.146. The number of carbonyl (C=O) groups excluding carboxylic acids is 1. The van der Waals surface area contributed by atoms with Gasteiger partial charge < -0.3 is 15.0 Å². The number of benzene rings is 1. The second kappa shape index (κ2) is 10.7. The van der Waals surface area contributed by atoms with E-state index in [-0.39, 0.29) is 23.7 Å². The first-order valence-corrected chi connectivity index (χ1v) is 8.67. The van der Waals surface area contributed by atoms with Crippen LogP contribution >= 0.6 is 12.4 Å². The lowest BCUT2D eigenvalue weighted by atomic mass is 9.78. The van der Waals surface area contributed by atoms with E-state index in [1.165, 1.54) is 5.56 Å². The Morgan fingerprint density at radius 2 is 1.88 bits per heavy atom. The van der Waals surface area contributed by atoms with Crippen LogP contribution in [-0.2, 0) is 16.0 Å². The van der Waals surface area contributed by atoms with Gasteiger partial charge in [0.2, 0.25) is 5.91 Å². The van der Waals surface area contributed by atoms with Gasteiger partial charge in [-0.25, -0.2) is 0 Å². The average Bonchev–Trinajstić information content (AvgIpc) is 2.60. The smallest absolute Gasteiger partial charge is 0.230 e. The van der Waals surface area contributed by atoms with Crippen LogP contribution in [0.15, 0.2) is 30.3 Å². The number of halogens is 1. The van der Waals surface area contributed by atoms with Gasteiger partial charge in [-0.3, -0.25) is 4.79 Å². The molecule has 1 amide bonds. The van der Waals surface area contributed by atoms with Crippen molar-refractivity contribution in [3.8, 4) is 0 Å². The summed E-state index contributed by atoms with van der Waals surface area (Å²) in [5.41, 5.74) is 1.05. The van der Waals surface area contributed by atoms with Crippen LogP contribution in [0.1, 0.15) is 31.2 Å². The number of unbranched alkanes of at least 4 members (excludes halogenated alkanes) is 1. The third kappa shape index (κ3) is 5.76. The SMILES string of the molecule is COCC1(C(=O)N(C)CCCCc2ccccc2)CCNCC1.Cl. The molecule has 1 heterocycles. The van der Waals surface area contributed by atoms with Crippen molar-refractivity contribution in [2.45, 2.75) is 32.1 Å². The molecule has 0 unspecified atom stereocenters. The van der Waals surface area contributed by atoms with Gasteiger partial charge in [-0.05, 0) is 50.8 Å². The van der Waals surface area contributed by atoms with E-state index in [1.807, 2.05) is 18.0 Å². The first-order chi connectivity index (χ1) is 11.2. The van der Waals surface area contributed by atoms with Crippen molar-refractivity contribution in [2.75, 3.05) is 40.4 Å². The molecule has 0 atom stereocenters. The highest BCUT2D eigenvalue weighted by Crippen LogP contribution is 2.31. The zero-order chi connectivity index (χ0) is 16.5. The molecular formula is C19H31ClN2O2. The van der Waals surface area contributed by atoms with Crippen LogP contribution < -0.4 is 5.32 Å². The van der Waals surface area contributed by atoms with E-state index >= 15 is 0 Å². The van der Waals surface area contributed by atoms with Crippen molar-refractivity contribution in [3.05, 3.63) is 35.9 Å². The van der Waals surface area contributed by atoms with Gasteiger partial charge in [0.05, 0.1) is 12.0 Å². The molecule has 0 aromatic heterocycles. The van der Waals surface area contributed by atoms with E-state index in [4.69, 9.17) is 4.74 Å². The molecule has 5 heteroatoms. The molecule has 1 fully saturated rings. The van der Waals surface area contributed by atoms with E-state index < -0.39 is 0 Å². The second-order valence-corrected chi connectivity index (χ2v) is 6.63. The molecule has 0 spiro atoms. The monoisotopic (exact) mass is 354 g/mol. The molecule has 0 aliphatic carbocycles. The van der Waals surface area contributed by atoms with Crippen molar-refractivity contribution in [2.24, 2.45) is 5.41 Å². The number of carbonyl (C=O) groups is 1. The van der Waals surface area contributed by atoms with Crippen LogP contribution in [0.5, 0.6) is 0 Å². The lowest BCUT2D eigenvalue weighted by Crippen LogP contribution is -2.50. The quantitative estimate of drug-likeness (QED) is 0.730. The van der Waals surface area contributed by atoms with Crippen LogP contribution in [0.2, 0.25) is 0 Å². The van der Waals surface area contributed by atoms with Gasteiger partial charge in [-0.2, -0.15) is 0 Å². The molecule has 0 saturated carbocycles. The second-order valence-electron chi connectivity index (χ2n) is 6.63. The lowest BCUT2D eigenvalue weighted by Gasteiger charge is -2.38. The molecule has 0 bridgehead atoms. The third-order valence-electron chi connectivity index (χ3n) is 4.83. The maximum absolute atomic E-state index is 12.9. The Kier molecular flexibility index (Phi) is 9.34. The summed E-state index contributed by atoms with van der Waals surface area (Å²) < 4.78 is 5.36. The van der Waals surface area contributed by atoms with Crippen LogP contribution in [0.4, 0.5) is 0 Å². The highest BCUT2D eigenvalue weighted by Gasteiger charge is 2.41. The molecule has 136 valence electrons. The Morgan fingerprint density at radius 3 is 2.50 bits per heavy atom. The number of rotatable bonds is 8. The van der Waals surface area contributed by atoms with Crippen molar-refractivity contribution in [1.82, 2.24) is 10.2 Å². The average molecular weight is 355 g/mol. The molecule has 1 aromatic carbocycles. The summed E-state index contributed by atoms with van der Waals surface area (Å²) in [5, 5.41) is 3.34. The normalized spacial score (nSPS) is 16.2.